The van der Waals surface area contributed by atoms with Crippen LogP contribution in [-0.4, -0.2) is 69.4 Å². The molecule has 0 N–H and O–H groups in total. The number of ether oxygens (including phenoxy) is 1. The number of anilines is 1. The first-order valence-electron chi connectivity index (χ1n) is 13.0. The van der Waals surface area contributed by atoms with Gasteiger partial charge in [0.1, 0.15) is 5.75 Å². The second kappa shape index (κ2) is 11.2. The molecule has 0 bridgehead atoms. The third kappa shape index (κ3) is 5.70. The van der Waals surface area contributed by atoms with Crippen molar-refractivity contribution in [1.82, 2.24) is 9.21 Å². The Hall–Kier alpha value is -2.58. The van der Waals surface area contributed by atoms with E-state index in [1.165, 1.54) is 4.31 Å². The molecule has 2 aliphatic rings. The van der Waals surface area contributed by atoms with Gasteiger partial charge in [-0.2, -0.15) is 4.31 Å². The lowest BCUT2D eigenvalue weighted by Crippen LogP contribution is -2.53. The Morgan fingerprint density at radius 3 is 2.08 bits per heavy atom. The summed E-state index contributed by atoms with van der Waals surface area (Å²) in [5.74, 6) is 0.705. The van der Waals surface area contributed by atoms with E-state index in [4.69, 9.17) is 4.74 Å². The highest BCUT2D eigenvalue weighted by Crippen LogP contribution is 2.31. The van der Waals surface area contributed by atoms with Gasteiger partial charge in [0.15, 0.2) is 0 Å². The van der Waals surface area contributed by atoms with E-state index in [1.54, 1.807) is 7.11 Å². The molecule has 0 aromatic heterocycles. The summed E-state index contributed by atoms with van der Waals surface area (Å²) < 4.78 is 34.8. The van der Waals surface area contributed by atoms with Gasteiger partial charge in [0.25, 0.3) is 0 Å². The molecule has 4 rings (SSSR count). The second-order valence-corrected chi connectivity index (χ2v) is 12.0. The van der Waals surface area contributed by atoms with Crippen molar-refractivity contribution in [2.24, 2.45) is 0 Å². The zero-order valence-corrected chi connectivity index (χ0v) is 22.8. The summed E-state index contributed by atoms with van der Waals surface area (Å²) in [7, 11) is -2.16. The number of rotatable bonds is 7. The highest BCUT2D eigenvalue weighted by molar-refractivity contribution is 7.89. The molecule has 0 radical (unpaired) electrons. The van der Waals surface area contributed by atoms with Crippen LogP contribution in [0.15, 0.2) is 41.3 Å². The van der Waals surface area contributed by atoms with E-state index in [0.717, 1.165) is 60.2 Å². The van der Waals surface area contributed by atoms with Crippen LogP contribution >= 0.6 is 0 Å². The fraction of sp³-hybridized carbons (Fsp3) is 0.536. The van der Waals surface area contributed by atoms with Gasteiger partial charge in [-0.3, -0.25) is 4.79 Å². The molecule has 1 heterocycles. The summed E-state index contributed by atoms with van der Waals surface area (Å²) >= 11 is 0. The number of piperazine rings is 1. The summed E-state index contributed by atoms with van der Waals surface area (Å²) in [6, 6.07) is 11.6. The molecule has 0 atom stereocenters. The number of hydrogen-bond donors (Lipinski definition) is 0. The minimum absolute atomic E-state index is 0.0949. The molecule has 2 aromatic rings. The monoisotopic (exact) mass is 513 g/mol. The van der Waals surface area contributed by atoms with Gasteiger partial charge in [-0.05, 0) is 69.0 Å². The summed E-state index contributed by atoms with van der Waals surface area (Å²) in [5.41, 5.74) is 3.63. The largest absolute Gasteiger partial charge is 0.497 e. The van der Waals surface area contributed by atoms with Crippen LogP contribution < -0.4 is 9.64 Å². The standard InChI is InChI=1S/C28H39N3O4S/c1-21-18-22(2)28(23(3)19-21)36(33,34)31(25-8-6-5-7-9-25)20-27(32)30-16-14-29(15-17-30)24-10-12-26(35-4)13-11-24/h10-13,18-19,25H,5-9,14-17,20H2,1-4H3. The Labute approximate surface area is 216 Å². The van der Waals surface area contributed by atoms with Crippen LogP contribution in [0.4, 0.5) is 5.69 Å². The lowest BCUT2D eigenvalue weighted by molar-refractivity contribution is -0.132. The molecule has 2 aromatic carbocycles. The SMILES string of the molecule is COc1ccc(N2CCN(C(=O)CN(C3CCCCC3)S(=O)(=O)c3c(C)cc(C)cc3C)CC2)cc1. The first-order chi connectivity index (χ1) is 17.2. The summed E-state index contributed by atoms with van der Waals surface area (Å²) in [6.07, 6.45) is 4.73. The van der Waals surface area contributed by atoms with Crippen LogP contribution in [0.3, 0.4) is 0 Å². The molecule has 7 nitrogen and oxygen atoms in total. The number of aryl methyl sites for hydroxylation is 3. The molecule has 1 amide bonds. The first-order valence-corrected chi connectivity index (χ1v) is 14.4. The number of benzene rings is 2. The summed E-state index contributed by atoms with van der Waals surface area (Å²) in [5, 5.41) is 0. The van der Waals surface area contributed by atoms with E-state index in [0.29, 0.717) is 31.1 Å². The van der Waals surface area contributed by atoms with Crippen molar-refractivity contribution < 1.29 is 17.9 Å². The minimum atomic E-state index is -3.81. The Bertz CT molecular complexity index is 1140. The number of methoxy groups -OCH3 is 1. The molecular weight excluding hydrogens is 474 g/mol. The number of hydrogen-bond acceptors (Lipinski definition) is 5. The maximum atomic E-state index is 14.0. The van der Waals surface area contributed by atoms with Gasteiger partial charge < -0.3 is 14.5 Å². The number of sulfonamides is 1. The van der Waals surface area contributed by atoms with Gasteiger partial charge >= 0.3 is 0 Å². The number of carbonyl (C=O) groups is 1. The van der Waals surface area contributed by atoms with Crippen LogP contribution in [0.25, 0.3) is 0 Å². The Kier molecular flexibility index (Phi) is 8.25. The Balaban J connectivity index is 1.50. The van der Waals surface area contributed by atoms with Crippen LogP contribution in [0.1, 0.15) is 48.8 Å². The molecule has 1 aliphatic heterocycles. The van der Waals surface area contributed by atoms with Crippen molar-refractivity contribution in [3.8, 4) is 5.75 Å². The van der Waals surface area contributed by atoms with E-state index < -0.39 is 10.0 Å². The average Bonchev–Trinajstić information content (AvgIpc) is 2.87. The lowest BCUT2D eigenvalue weighted by atomic mass is 9.95. The molecule has 2 fully saturated rings. The van der Waals surface area contributed by atoms with Crippen molar-refractivity contribution in [2.75, 3.05) is 44.7 Å². The molecule has 0 spiro atoms. The van der Waals surface area contributed by atoms with Gasteiger partial charge in [0.05, 0.1) is 18.6 Å². The molecule has 1 saturated carbocycles. The maximum Gasteiger partial charge on any atom is 0.244 e. The van der Waals surface area contributed by atoms with Gasteiger partial charge in [0.2, 0.25) is 15.9 Å². The van der Waals surface area contributed by atoms with Crippen LogP contribution in [0.2, 0.25) is 0 Å². The molecular formula is C28H39N3O4S. The van der Waals surface area contributed by atoms with Crippen LogP contribution in [0, 0.1) is 20.8 Å². The molecule has 0 unspecified atom stereocenters. The quantitative estimate of drug-likeness (QED) is 0.552. The van der Waals surface area contributed by atoms with Gasteiger partial charge in [-0.15, -0.1) is 0 Å². The third-order valence-electron chi connectivity index (χ3n) is 7.51. The highest BCUT2D eigenvalue weighted by Gasteiger charge is 2.37. The Morgan fingerprint density at radius 1 is 0.944 bits per heavy atom. The maximum absolute atomic E-state index is 14.0. The van der Waals surface area contributed by atoms with Crippen molar-refractivity contribution in [1.29, 1.82) is 0 Å². The Morgan fingerprint density at radius 2 is 1.53 bits per heavy atom. The molecule has 196 valence electrons. The highest BCUT2D eigenvalue weighted by atomic mass is 32.2. The number of nitrogens with zero attached hydrogens (tertiary/aromatic N) is 3. The fourth-order valence-electron chi connectivity index (χ4n) is 5.71. The molecule has 1 aliphatic carbocycles. The predicted octanol–water partition coefficient (Wildman–Crippen LogP) is 4.29. The van der Waals surface area contributed by atoms with Crippen LogP contribution in [-0.2, 0) is 14.8 Å². The second-order valence-electron chi connectivity index (χ2n) is 10.1. The van der Waals surface area contributed by atoms with E-state index >= 15 is 0 Å². The first kappa shape index (κ1) is 26.5. The molecule has 8 heteroatoms. The fourth-order valence-corrected chi connectivity index (χ4v) is 7.76. The smallest absolute Gasteiger partial charge is 0.244 e. The van der Waals surface area contributed by atoms with E-state index in [2.05, 4.69) is 4.90 Å². The minimum Gasteiger partial charge on any atom is -0.497 e. The van der Waals surface area contributed by atoms with E-state index in [9.17, 15) is 13.2 Å². The third-order valence-corrected chi connectivity index (χ3v) is 9.72. The zero-order chi connectivity index (χ0) is 25.9. The average molecular weight is 514 g/mol. The number of carbonyl (C=O) groups excluding carboxylic acids is 1. The van der Waals surface area contributed by atoms with Crippen LogP contribution in [0.5, 0.6) is 5.75 Å². The summed E-state index contributed by atoms with van der Waals surface area (Å²) in [6.45, 7) is 8.16. The molecule has 1 saturated heterocycles. The topological polar surface area (TPSA) is 70.2 Å². The summed E-state index contributed by atoms with van der Waals surface area (Å²) in [4.78, 5) is 17.9. The normalized spacial score (nSPS) is 17.5. The van der Waals surface area contributed by atoms with Crippen molar-refractivity contribution >= 4 is 21.6 Å². The van der Waals surface area contributed by atoms with E-state index in [-0.39, 0.29) is 18.5 Å². The van der Waals surface area contributed by atoms with Crippen molar-refractivity contribution in [3.05, 3.63) is 53.1 Å². The van der Waals surface area contributed by atoms with Gasteiger partial charge in [0, 0.05) is 37.9 Å². The number of amides is 1. The van der Waals surface area contributed by atoms with E-state index in [1.807, 2.05) is 62.1 Å². The van der Waals surface area contributed by atoms with Crippen molar-refractivity contribution in [3.63, 3.8) is 0 Å². The zero-order valence-electron chi connectivity index (χ0n) is 22.0. The predicted molar refractivity (Wildman–Crippen MR) is 143 cm³/mol. The lowest BCUT2D eigenvalue weighted by Gasteiger charge is -2.38. The van der Waals surface area contributed by atoms with Gasteiger partial charge in [-0.1, -0.05) is 37.0 Å². The van der Waals surface area contributed by atoms with Gasteiger partial charge in [-0.25, -0.2) is 8.42 Å². The van der Waals surface area contributed by atoms with Crippen molar-refractivity contribution in [2.45, 2.75) is 63.8 Å². The molecule has 36 heavy (non-hydrogen) atoms.